The largest absolute Gasteiger partial charge is 0.369 e. The van der Waals surface area contributed by atoms with Crippen molar-refractivity contribution in [3.63, 3.8) is 0 Å². The number of hydrogen-bond acceptors (Lipinski definition) is 4. The van der Waals surface area contributed by atoms with E-state index in [4.69, 9.17) is 11.6 Å². The number of halogens is 2. The molecule has 0 bridgehead atoms. The average Bonchev–Trinajstić information content (AvgIpc) is 3.18. The normalized spacial score (nSPS) is 12.7. The van der Waals surface area contributed by atoms with Crippen molar-refractivity contribution in [3.05, 3.63) is 69.0 Å². The predicted octanol–water partition coefficient (Wildman–Crippen LogP) is 4.21. The van der Waals surface area contributed by atoms with E-state index in [-0.39, 0.29) is 10.7 Å². The van der Waals surface area contributed by atoms with Gasteiger partial charge in [0.15, 0.2) is 0 Å². The predicted molar refractivity (Wildman–Crippen MR) is 92.8 cm³/mol. The second kappa shape index (κ2) is 5.86. The van der Waals surface area contributed by atoms with Crippen molar-refractivity contribution in [2.75, 3.05) is 11.9 Å². The van der Waals surface area contributed by atoms with Crippen LogP contribution in [0.15, 0.2) is 42.5 Å². The second-order valence-corrected chi connectivity index (χ2v) is 6.04. The molecule has 0 radical (unpaired) electrons. The van der Waals surface area contributed by atoms with Gasteiger partial charge in [-0.1, -0.05) is 23.7 Å². The van der Waals surface area contributed by atoms with E-state index in [1.807, 2.05) is 0 Å². The van der Waals surface area contributed by atoms with Crippen LogP contribution in [-0.2, 0) is 6.42 Å². The van der Waals surface area contributed by atoms with E-state index in [9.17, 15) is 14.5 Å². The Kier molecular flexibility index (Phi) is 3.65. The summed E-state index contributed by atoms with van der Waals surface area (Å²) in [6.45, 7) is 0.694. The van der Waals surface area contributed by atoms with Gasteiger partial charge in [-0.15, -0.1) is 0 Å². The summed E-state index contributed by atoms with van der Waals surface area (Å²) < 4.78 is 14.9. The molecule has 0 spiro atoms. The molecular weight excluding hydrogens is 347 g/mol. The zero-order chi connectivity index (χ0) is 17.6. The minimum absolute atomic E-state index is 0.0433. The van der Waals surface area contributed by atoms with Crippen molar-refractivity contribution in [1.82, 2.24) is 9.78 Å². The lowest BCUT2D eigenvalue weighted by Crippen LogP contribution is -2.06. The standard InChI is InChI=1S/C17H12ClFN4O2/c18-13-9-10(19)5-6-11(13)16-12-7-8-20-17(12)22(21-16)14-3-1-2-4-15(14)23(24)25/h1-6,9,20H,7-8H2. The van der Waals surface area contributed by atoms with Crippen LogP contribution in [0.1, 0.15) is 5.56 Å². The maximum atomic E-state index is 13.4. The van der Waals surface area contributed by atoms with Gasteiger partial charge >= 0.3 is 0 Å². The van der Waals surface area contributed by atoms with E-state index in [2.05, 4.69) is 10.4 Å². The van der Waals surface area contributed by atoms with Gasteiger partial charge in [-0.3, -0.25) is 10.1 Å². The van der Waals surface area contributed by atoms with Gasteiger partial charge in [0.1, 0.15) is 17.3 Å². The van der Waals surface area contributed by atoms with Crippen molar-refractivity contribution in [2.45, 2.75) is 6.42 Å². The number of nitrogens with zero attached hydrogens (tertiary/aromatic N) is 3. The lowest BCUT2D eigenvalue weighted by atomic mass is 10.1. The summed E-state index contributed by atoms with van der Waals surface area (Å²) in [4.78, 5) is 10.9. The number of nitro benzene ring substituents is 1. The Labute approximate surface area is 147 Å². The highest BCUT2D eigenvalue weighted by molar-refractivity contribution is 6.33. The highest BCUT2D eigenvalue weighted by Gasteiger charge is 2.27. The van der Waals surface area contributed by atoms with Gasteiger partial charge in [0.2, 0.25) is 0 Å². The highest BCUT2D eigenvalue weighted by Crippen LogP contribution is 2.38. The van der Waals surface area contributed by atoms with Gasteiger partial charge in [0, 0.05) is 23.7 Å². The lowest BCUT2D eigenvalue weighted by molar-refractivity contribution is -0.384. The van der Waals surface area contributed by atoms with Gasteiger partial charge in [-0.2, -0.15) is 5.10 Å². The van der Waals surface area contributed by atoms with E-state index < -0.39 is 10.7 Å². The number of aromatic nitrogens is 2. The van der Waals surface area contributed by atoms with Crippen LogP contribution in [0.3, 0.4) is 0 Å². The molecule has 2 heterocycles. The number of fused-ring (bicyclic) bond motifs is 1. The molecule has 0 amide bonds. The molecule has 1 aliphatic rings. The molecule has 1 N–H and O–H groups in total. The fourth-order valence-corrected chi connectivity index (χ4v) is 3.30. The molecule has 1 aromatic heterocycles. The lowest BCUT2D eigenvalue weighted by Gasteiger charge is -2.07. The van der Waals surface area contributed by atoms with Crippen molar-refractivity contribution >= 4 is 23.1 Å². The summed E-state index contributed by atoms with van der Waals surface area (Å²) in [6.07, 6.45) is 0.707. The van der Waals surface area contributed by atoms with Crippen LogP contribution < -0.4 is 5.32 Å². The highest BCUT2D eigenvalue weighted by atomic mass is 35.5. The molecule has 6 nitrogen and oxygen atoms in total. The third kappa shape index (κ3) is 2.53. The Balaban J connectivity index is 1.94. The van der Waals surface area contributed by atoms with Crippen molar-refractivity contribution < 1.29 is 9.31 Å². The van der Waals surface area contributed by atoms with Gasteiger partial charge in [0.05, 0.1) is 15.6 Å². The van der Waals surface area contributed by atoms with Gasteiger partial charge in [0.25, 0.3) is 5.69 Å². The summed E-state index contributed by atoms with van der Waals surface area (Å²) in [7, 11) is 0. The Morgan fingerprint density at radius 3 is 2.84 bits per heavy atom. The van der Waals surface area contributed by atoms with Crippen LogP contribution in [0.5, 0.6) is 0 Å². The molecule has 8 heteroatoms. The van der Waals surface area contributed by atoms with E-state index in [1.54, 1.807) is 24.3 Å². The smallest absolute Gasteiger partial charge is 0.294 e. The van der Waals surface area contributed by atoms with E-state index >= 15 is 0 Å². The fraction of sp³-hybridized carbons (Fsp3) is 0.118. The van der Waals surface area contributed by atoms with Crippen LogP contribution in [0.4, 0.5) is 15.9 Å². The maximum absolute atomic E-state index is 13.4. The van der Waals surface area contributed by atoms with Crippen molar-refractivity contribution in [1.29, 1.82) is 0 Å². The van der Waals surface area contributed by atoms with Crippen molar-refractivity contribution in [3.8, 4) is 16.9 Å². The molecule has 2 aromatic carbocycles. The first-order chi connectivity index (χ1) is 12.1. The van der Waals surface area contributed by atoms with Crippen LogP contribution in [0, 0.1) is 15.9 Å². The van der Waals surface area contributed by atoms with Gasteiger partial charge in [-0.05, 0) is 30.7 Å². The number of nitro groups is 1. The number of nitrogens with one attached hydrogen (secondary N) is 1. The Morgan fingerprint density at radius 1 is 1.28 bits per heavy atom. The SMILES string of the molecule is O=[N+]([O-])c1ccccc1-n1nc(-c2ccc(F)cc2Cl)c2c1NCC2. The Bertz CT molecular complexity index is 1000. The zero-order valence-electron chi connectivity index (χ0n) is 12.9. The third-order valence-electron chi connectivity index (χ3n) is 4.14. The molecule has 126 valence electrons. The molecule has 3 aromatic rings. The Hall–Kier alpha value is -2.93. The Morgan fingerprint density at radius 2 is 2.08 bits per heavy atom. The first-order valence-corrected chi connectivity index (χ1v) is 7.99. The zero-order valence-corrected chi connectivity index (χ0v) is 13.6. The van der Waals surface area contributed by atoms with E-state index in [0.29, 0.717) is 35.7 Å². The average molecular weight is 359 g/mol. The number of para-hydroxylation sites is 2. The second-order valence-electron chi connectivity index (χ2n) is 5.63. The molecule has 0 saturated carbocycles. The van der Waals surface area contributed by atoms with Crippen LogP contribution in [0.25, 0.3) is 16.9 Å². The fourth-order valence-electron chi connectivity index (χ4n) is 3.04. The molecule has 0 fully saturated rings. The first-order valence-electron chi connectivity index (χ1n) is 7.61. The van der Waals surface area contributed by atoms with Crippen LogP contribution in [0.2, 0.25) is 5.02 Å². The molecule has 4 rings (SSSR count). The first kappa shape index (κ1) is 15.6. The molecule has 0 unspecified atom stereocenters. The summed E-state index contributed by atoms with van der Waals surface area (Å²) >= 11 is 6.18. The number of hydrogen-bond donors (Lipinski definition) is 1. The van der Waals surface area contributed by atoms with Crippen molar-refractivity contribution in [2.24, 2.45) is 0 Å². The van der Waals surface area contributed by atoms with Gasteiger partial charge in [-0.25, -0.2) is 9.07 Å². The van der Waals surface area contributed by atoms with Crippen LogP contribution >= 0.6 is 11.6 Å². The summed E-state index contributed by atoms with van der Waals surface area (Å²) in [5, 5.41) is 19.4. The third-order valence-corrected chi connectivity index (χ3v) is 4.46. The minimum Gasteiger partial charge on any atom is -0.369 e. The minimum atomic E-state index is -0.442. The summed E-state index contributed by atoms with van der Waals surface area (Å²) in [5.74, 6) is 0.270. The summed E-state index contributed by atoms with van der Waals surface area (Å²) in [6, 6.07) is 10.5. The monoisotopic (exact) mass is 358 g/mol. The molecule has 0 atom stereocenters. The van der Waals surface area contributed by atoms with E-state index in [0.717, 1.165) is 5.56 Å². The number of benzene rings is 2. The molecule has 0 saturated heterocycles. The number of anilines is 1. The van der Waals surface area contributed by atoms with Gasteiger partial charge < -0.3 is 5.32 Å². The maximum Gasteiger partial charge on any atom is 0.294 e. The quantitative estimate of drug-likeness (QED) is 0.562. The van der Waals surface area contributed by atoms with Crippen LogP contribution in [-0.4, -0.2) is 21.2 Å². The van der Waals surface area contributed by atoms with E-state index in [1.165, 1.54) is 22.9 Å². The molecule has 25 heavy (non-hydrogen) atoms. The molecule has 1 aliphatic heterocycles. The topological polar surface area (TPSA) is 73.0 Å². The molecule has 0 aliphatic carbocycles. The number of rotatable bonds is 3. The molecular formula is C17H12ClFN4O2. The summed E-state index contributed by atoms with van der Waals surface area (Å²) in [5.41, 5.74) is 2.43.